The van der Waals surface area contributed by atoms with Crippen molar-refractivity contribution in [3.63, 3.8) is 0 Å². The van der Waals surface area contributed by atoms with Crippen molar-refractivity contribution in [1.82, 2.24) is 29.9 Å². The van der Waals surface area contributed by atoms with Gasteiger partial charge >= 0.3 is 12.1 Å². The summed E-state index contributed by atoms with van der Waals surface area (Å²) >= 11 is 7.19. The number of pyridine rings is 1. The number of hydrogen-bond acceptors (Lipinski definition) is 6. The summed E-state index contributed by atoms with van der Waals surface area (Å²) in [4.78, 5) is 39.8. The Labute approximate surface area is 277 Å². The Bertz CT molecular complexity index is 1300. The van der Waals surface area contributed by atoms with Gasteiger partial charge in [-0.1, -0.05) is 12.5 Å². The number of benzene rings is 1. The molecule has 10 nitrogen and oxygen atoms in total. The Morgan fingerprint density at radius 1 is 1.00 bits per heavy atom. The van der Waals surface area contributed by atoms with Crippen LogP contribution in [-0.2, 0) is 13.0 Å². The molecule has 3 fully saturated rings. The van der Waals surface area contributed by atoms with Crippen LogP contribution >= 0.6 is 31.9 Å². The fourth-order valence-electron chi connectivity index (χ4n) is 7.31. The molecule has 6 rings (SSSR count). The lowest BCUT2D eigenvalue weighted by Crippen LogP contribution is -2.55. The Morgan fingerprint density at radius 2 is 1.68 bits per heavy atom. The fraction of sp³-hybridized carbons (Fsp3) is 0.594. The van der Waals surface area contributed by atoms with E-state index in [1.807, 2.05) is 21.9 Å². The molecule has 5 heterocycles. The van der Waals surface area contributed by atoms with Crippen molar-refractivity contribution in [1.29, 1.82) is 0 Å². The molecule has 4 aliphatic heterocycles. The van der Waals surface area contributed by atoms with Crippen LogP contribution in [0.3, 0.4) is 0 Å². The van der Waals surface area contributed by atoms with Gasteiger partial charge in [0.25, 0.3) is 0 Å². The summed E-state index contributed by atoms with van der Waals surface area (Å²) in [5.74, 6) is 0.646. The summed E-state index contributed by atoms with van der Waals surface area (Å²) in [6.45, 7) is 7.21. The molecule has 1 aromatic carbocycles. The van der Waals surface area contributed by atoms with Crippen LogP contribution in [0.4, 0.5) is 21.1 Å². The molecule has 12 heteroatoms. The molecule has 1 atom stereocenters. The number of halogens is 2. The number of aromatic nitrogens is 1. The minimum atomic E-state index is -0.107. The number of nitrogens with two attached hydrogens (primary N) is 1. The second-order valence-electron chi connectivity index (χ2n) is 12.7. The highest BCUT2D eigenvalue weighted by Gasteiger charge is 2.34. The second-order valence-corrected chi connectivity index (χ2v) is 14.4. The Morgan fingerprint density at radius 3 is 2.39 bits per heavy atom. The highest BCUT2D eigenvalue weighted by molar-refractivity contribution is 9.11. The van der Waals surface area contributed by atoms with E-state index in [1.165, 1.54) is 45.2 Å². The monoisotopic (exact) mass is 730 g/mol. The molecule has 4 amide bonds. The summed E-state index contributed by atoms with van der Waals surface area (Å²) in [6.07, 6.45) is 10.3. The minimum absolute atomic E-state index is 0.0251. The molecule has 0 saturated carbocycles. The summed E-state index contributed by atoms with van der Waals surface area (Å²) in [6, 6.07) is 8.64. The Kier molecular flexibility index (Phi) is 10.3. The third-order valence-electron chi connectivity index (χ3n) is 9.80. The van der Waals surface area contributed by atoms with Crippen LogP contribution in [-0.4, -0.2) is 101 Å². The molecule has 238 valence electrons. The van der Waals surface area contributed by atoms with Crippen LogP contribution in [0.25, 0.3) is 0 Å². The largest absolute Gasteiger partial charge is 0.397 e. The molecular formula is C32H44Br2N8O2. The van der Waals surface area contributed by atoms with Gasteiger partial charge in [-0.3, -0.25) is 5.32 Å². The van der Waals surface area contributed by atoms with E-state index in [-0.39, 0.29) is 24.1 Å². The van der Waals surface area contributed by atoms with Crippen molar-refractivity contribution >= 4 is 55.4 Å². The van der Waals surface area contributed by atoms with Crippen molar-refractivity contribution in [2.45, 2.75) is 76.0 Å². The maximum atomic E-state index is 13.6. The molecular weight excluding hydrogens is 688 g/mol. The second kappa shape index (κ2) is 14.3. The summed E-state index contributed by atoms with van der Waals surface area (Å²) in [7, 11) is 0. The number of likely N-dealkylation sites (tertiary alicyclic amines) is 3. The van der Waals surface area contributed by atoms with Gasteiger partial charge in [0.05, 0.1) is 12.2 Å². The van der Waals surface area contributed by atoms with Gasteiger partial charge in [-0.25, -0.2) is 14.6 Å². The van der Waals surface area contributed by atoms with E-state index in [4.69, 9.17) is 5.73 Å². The number of piperidine rings is 3. The number of urea groups is 2. The maximum Gasteiger partial charge on any atom is 0.323 e. The first-order valence-corrected chi connectivity index (χ1v) is 17.7. The number of rotatable bonds is 7. The SMILES string of the molecule is Nc1c(Br)cc(CC(CN2CCC(N3CCCCC3)CC2)NC(=O)N2CCC(N3Cc4cccnc4NC3=O)CC2)cc1Br. The number of fused-ring (bicyclic) bond motifs is 1. The molecule has 3 saturated heterocycles. The minimum Gasteiger partial charge on any atom is -0.397 e. The predicted octanol–water partition coefficient (Wildman–Crippen LogP) is 5.27. The van der Waals surface area contributed by atoms with Crippen molar-refractivity contribution < 1.29 is 9.59 Å². The molecule has 0 spiro atoms. The number of amides is 4. The van der Waals surface area contributed by atoms with Crippen LogP contribution in [0.15, 0.2) is 39.4 Å². The lowest BCUT2D eigenvalue weighted by atomic mass is 9.98. The van der Waals surface area contributed by atoms with E-state index < -0.39 is 0 Å². The average molecular weight is 733 g/mol. The number of nitrogens with one attached hydrogen (secondary N) is 2. The van der Waals surface area contributed by atoms with Gasteiger partial charge in [0.15, 0.2) is 0 Å². The fourth-order valence-corrected chi connectivity index (χ4v) is 8.59. The highest BCUT2D eigenvalue weighted by Crippen LogP contribution is 2.31. The quantitative estimate of drug-likeness (QED) is 0.335. The van der Waals surface area contributed by atoms with Gasteiger partial charge in [-0.15, -0.1) is 0 Å². The molecule has 0 bridgehead atoms. The zero-order valence-corrected chi connectivity index (χ0v) is 28.5. The van der Waals surface area contributed by atoms with Crippen molar-refractivity contribution in [3.05, 3.63) is 50.5 Å². The smallest absolute Gasteiger partial charge is 0.323 e. The number of anilines is 2. The zero-order valence-electron chi connectivity index (χ0n) is 25.3. The van der Waals surface area contributed by atoms with Gasteiger partial charge in [-0.2, -0.15) is 0 Å². The maximum absolute atomic E-state index is 13.6. The summed E-state index contributed by atoms with van der Waals surface area (Å²) in [5, 5.41) is 6.32. The topological polar surface area (TPSA) is 110 Å². The van der Waals surface area contributed by atoms with Crippen molar-refractivity contribution in [2.75, 3.05) is 56.9 Å². The Balaban J connectivity index is 1.06. The molecule has 4 N–H and O–H groups in total. The molecule has 1 aromatic heterocycles. The van der Waals surface area contributed by atoms with Crippen LogP contribution in [0, 0.1) is 0 Å². The van der Waals surface area contributed by atoms with E-state index >= 15 is 0 Å². The highest BCUT2D eigenvalue weighted by atomic mass is 79.9. The van der Waals surface area contributed by atoms with Crippen LogP contribution in [0.5, 0.6) is 0 Å². The number of carbonyl (C=O) groups excluding carboxylic acids is 2. The standard InChI is InChI=1S/C32H44Br2N8O2/c33-27-18-22(19-28(34)29(27)35)17-24(21-39-13-6-25(7-14-39)40-11-2-1-3-12-40)37-31(43)41-15-8-26(9-16-41)42-20-23-5-4-10-36-30(23)38-32(42)44/h4-5,10,18-19,24-26H,1-3,6-9,11-17,20-21,35H2,(H,37,43)(H,36,38,44). The van der Waals surface area contributed by atoms with E-state index in [0.29, 0.717) is 43.6 Å². The molecule has 0 radical (unpaired) electrons. The lowest BCUT2D eigenvalue weighted by molar-refractivity contribution is 0.0872. The summed E-state index contributed by atoms with van der Waals surface area (Å²) < 4.78 is 1.72. The van der Waals surface area contributed by atoms with Gasteiger partial charge in [0, 0.05) is 58.5 Å². The van der Waals surface area contributed by atoms with Crippen molar-refractivity contribution in [3.8, 4) is 0 Å². The zero-order chi connectivity index (χ0) is 30.6. The molecule has 44 heavy (non-hydrogen) atoms. The number of hydrogen-bond donors (Lipinski definition) is 3. The summed E-state index contributed by atoms with van der Waals surface area (Å²) in [5.41, 5.74) is 8.99. The normalized spacial score (nSPS) is 21.5. The van der Waals surface area contributed by atoms with Gasteiger partial charge < -0.3 is 30.7 Å². The number of carbonyl (C=O) groups is 2. The third-order valence-corrected chi connectivity index (χ3v) is 11.1. The van der Waals surface area contributed by atoms with Gasteiger partial charge in [-0.05, 0) is 127 Å². The van der Waals surface area contributed by atoms with Crippen LogP contribution in [0.1, 0.15) is 56.1 Å². The molecule has 1 unspecified atom stereocenters. The average Bonchev–Trinajstić information content (AvgIpc) is 3.04. The molecule has 2 aromatic rings. The van der Waals surface area contributed by atoms with Crippen LogP contribution < -0.4 is 16.4 Å². The number of nitrogens with zero attached hydrogens (tertiary/aromatic N) is 5. The first-order valence-electron chi connectivity index (χ1n) is 16.1. The van der Waals surface area contributed by atoms with Gasteiger partial charge in [0.2, 0.25) is 0 Å². The van der Waals surface area contributed by atoms with Crippen LogP contribution in [0.2, 0.25) is 0 Å². The first kappa shape index (κ1) is 31.6. The van der Waals surface area contributed by atoms with Crippen molar-refractivity contribution in [2.24, 2.45) is 0 Å². The van der Waals surface area contributed by atoms with E-state index in [1.54, 1.807) is 6.20 Å². The first-order chi connectivity index (χ1) is 21.3. The number of nitrogen functional groups attached to an aromatic ring is 1. The molecule has 4 aliphatic rings. The lowest BCUT2D eigenvalue weighted by Gasteiger charge is -2.42. The van der Waals surface area contributed by atoms with Gasteiger partial charge in [0.1, 0.15) is 5.82 Å². The third kappa shape index (κ3) is 7.51. The Hall–Kier alpha value is -2.41. The van der Waals surface area contributed by atoms with E-state index in [0.717, 1.165) is 52.5 Å². The molecule has 0 aliphatic carbocycles. The van der Waals surface area contributed by atoms with E-state index in [9.17, 15) is 9.59 Å². The predicted molar refractivity (Wildman–Crippen MR) is 181 cm³/mol. The van der Waals surface area contributed by atoms with E-state index in [2.05, 4.69) is 69.4 Å².